The van der Waals surface area contributed by atoms with E-state index in [2.05, 4.69) is 5.32 Å². The molecule has 0 aromatic carbocycles. The third-order valence-electron chi connectivity index (χ3n) is 2.63. The Bertz CT molecular complexity index is 186. The molecule has 0 aromatic rings. The molecule has 0 radical (unpaired) electrons. The molecule has 1 heterocycles. The highest BCUT2D eigenvalue weighted by molar-refractivity contribution is 4.87. The summed E-state index contributed by atoms with van der Waals surface area (Å²) in [6.07, 6.45) is -8.67. The van der Waals surface area contributed by atoms with Crippen molar-refractivity contribution in [3.8, 4) is 0 Å². The first kappa shape index (κ1) is 11.7. The van der Waals surface area contributed by atoms with Gasteiger partial charge in [0.2, 0.25) is 0 Å². The highest BCUT2D eigenvalue weighted by Crippen LogP contribution is 2.35. The standard InChI is InChI=1S/C8H13F4NO/c1-4-2-3-13-7(9)5(4)6(14)8(10,11)12/h4-7,13-14H,2-3H2,1H3. The van der Waals surface area contributed by atoms with Gasteiger partial charge in [0.1, 0.15) is 0 Å². The highest BCUT2D eigenvalue weighted by Gasteiger charge is 2.49. The lowest BCUT2D eigenvalue weighted by atomic mass is 9.83. The highest BCUT2D eigenvalue weighted by atomic mass is 19.4. The van der Waals surface area contributed by atoms with E-state index in [0.717, 1.165) is 0 Å². The predicted octanol–water partition coefficient (Wildman–Crippen LogP) is 1.45. The first-order chi connectivity index (χ1) is 6.34. The lowest BCUT2D eigenvalue weighted by molar-refractivity contribution is -0.234. The van der Waals surface area contributed by atoms with Crippen LogP contribution < -0.4 is 5.32 Å². The molecule has 2 N–H and O–H groups in total. The van der Waals surface area contributed by atoms with E-state index < -0.39 is 30.4 Å². The van der Waals surface area contributed by atoms with E-state index in [0.29, 0.717) is 13.0 Å². The largest absolute Gasteiger partial charge is 0.414 e. The molecular formula is C8H13F4NO. The van der Waals surface area contributed by atoms with Crippen LogP contribution in [0, 0.1) is 11.8 Å². The van der Waals surface area contributed by atoms with Crippen molar-refractivity contribution in [3.05, 3.63) is 0 Å². The van der Waals surface area contributed by atoms with Gasteiger partial charge < -0.3 is 5.11 Å². The molecule has 4 atom stereocenters. The quantitative estimate of drug-likeness (QED) is 0.512. The summed E-state index contributed by atoms with van der Waals surface area (Å²) in [6.45, 7) is 1.87. The van der Waals surface area contributed by atoms with Crippen molar-refractivity contribution in [1.29, 1.82) is 0 Å². The Kier molecular flexibility index (Phi) is 3.36. The van der Waals surface area contributed by atoms with Crippen LogP contribution in [0.15, 0.2) is 0 Å². The predicted molar refractivity (Wildman–Crippen MR) is 42.2 cm³/mol. The van der Waals surface area contributed by atoms with Gasteiger partial charge in [0.25, 0.3) is 0 Å². The summed E-state index contributed by atoms with van der Waals surface area (Å²) in [5.74, 6) is -1.87. The minimum atomic E-state index is -4.75. The van der Waals surface area contributed by atoms with Crippen molar-refractivity contribution < 1.29 is 22.7 Å². The number of rotatable bonds is 1. The number of piperidine rings is 1. The molecule has 84 valence electrons. The molecular weight excluding hydrogens is 202 g/mol. The summed E-state index contributed by atoms with van der Waals surface area (Å²) in [7, 11) is 0. The Morgan fingerprint density at radius 1 is 1.43 bits per heavy atom. The zero-order valence-electron chi connectivity index (χ0n) is 7.68. The maximum absolute atomic E-state index is 13.1. The van der Waals surface area contributed by atoms with Gasteiger partial charge in [0.15, 0.2) is 12.4 Å². The fourth-order valence-electron chi connectivity index (χ4n) is 1.76. The number of aliphatic hydroxyl groups excluding tert-OH is 1. The van der Waals surface area contributed by atoms with Crippen LogP contribution in [0.25, 0.3) is 0 Å². The number of hydrogen-bond acceptors (Lipinski definition) is 2. The lowest BCUT2D eigenvalue weighted by Gasteiger charge is -2.36. The summed E-state index contributed by atoms with van der Waals surface area (Å²) in [5, 5.41) is 11.2. The van der Waals surface area contributed by atoms with Crippen molar-refractivity contribution in [1.82, 2.24) is 5.32 Å². The molecule has 0 saturated carbocycles. The molecule has 0 bridgehead atoms. The van der Waals surface area contributed by atoms with E-state index in [1.807, 2.05) is 0 Å². The fourth-order valence-corrected chi connectivity index (χ4v) is 1.76. The van der Waals surface area contributed by atoms with Crippen molar-refractivity contribution in [3.63, 3.8) is 0 Å². The molecule has 1 rings (SSSR count). The second-order valence-corrected chi connectivity index (χ2v) is 3.69. The van der Waals surface area contributed by atoms with E-state index >= 15 is 0 Å². The number of aliphatic hydroxyl groups is 1. The van der Waals surface area contributed by atoms with Crippen molar-refractivity contribution in [2.75, 3.05) is 6.54 Å². The average Bonchev–Trinajstić information content (AvgIpc) is 2.01. The van der Waals surface area contributed by atoms with Crippen molar-refractivity contribution in [2.24, 2.45) is 11.8 Å². The molecule has 0 amide bonds. The molecule has 4 unspecified atom stereocenters. The molecule has 1 fully saturated rings. The van der Waals surface area contributed by atoms with E-state index in [1.54, 1.807) is 0 Å². The normalized spacial score (nSPS) is 36.9. The molecule has 0 aliphatic carbocycles. The number of nitrogens with one attached hydrogen (secondary N) is 1. The Morgan fingerprint density at radius 2 is 2.00 bits per heavy atom. The van der Waals surface area contributed by atoms with Crippen LogP contribution in [-0.4, -0.2) is 30.2 Å². The summed E-state index contributed by atoms with van der Waals surface area (Å²) in [5.41, 5.74) is 0. The van der Waals surface area contributed by atoms with Crippen LogP contribution in [0.5, 0.6) is 0 Å². The molecule has 1 saturated heterocycles. The molecule has 14 heavy (non-hydrogen) atoms. The minimum absolute atomic E-state index is 0.351. The maximum Gasteiger partial charge on any atom is 0.414 e. The van der Waals surface area contributed by atoms with Crippen LogP contribution in [-0.2, 0) is 0 Å². The van der Waals surface area contributed by atoms with Gasteiger partial charge in [-0.15, -0.1) is 0 Å². The van der Waals surface area contributed by atoms with Crippen LogP contribution in [0.2, 0.25) is 0 Å². The van der Waals surface area contributed by atoms with Crippen LogP contribution in [0.3, 0.4) is 0 Å². The molecule has 2 nitrogen and oxygen atoms in total. The van der Waals surface area contributed by atoms with Crippen LogP contribution >= 0.6 is 0 Å². The number of alkyl halides is 4. The van der Waals surface area contributed by atoms with Gasteiger partial charge in [-0.2, -0.15) is 13.2 Å². The van der Waals surface area contributed by atoms with Gasteiger partial charge in [-0.25, -0.2) is 4.39 Å². The first-order valence-corrected chi connectivity index (χ1v) is 4.46. The van der Waals surface area contributed by atoms with Gasteiger partial charge in [-0.1, -0.05) is 6.92 Å². The zero-order valence-corrected chi connectivity index (χ0v) is 7.68. The third kappa shape index (κ3) is 2.36. The fraction of sp³-hybridized carbons (Fsp3) is 1.00. The molecule has 1 aliphatic rings. The first-order valence-electron chi connectivity index (χ1n) is 4.46. The van der Waals surface area contributed by atoms with Crippen molar-refractivity contribution >= 4 is 0 Å². The SMILES string of the molecule is CC1CCNC(F)C1C(O)C(F)(F)F. The average molecular weight is 215 g/mol. The van der Waals surface area contributed by atoms with E-state index in [4.69, 9.17) is 5.11 Å². The molecule has 0 spiro atoms. The number of halogens is 4. The Hall–Kier alpha value is -0.360. The molecule has 0 aromatic heterocycles. The molecule has 6 heteroatoms. The van der Waals surface area contributed by atoms with E-state index in [9.17, 15) is 17.6 Å². The van der Waals surface area contributed by atoms with Gasteiger partial charge in [0.05, 0.1) is 0 Å². The topological polar surface area (TPSA) is 32.3 Å². The Morgan fingerprint density at radius 3 is 2.43 bits per heavy atom. The smallest absolute Gasteiger partial charge is 0.383 e. The maximum atomic E-state index is 13.1. The summed E-state index contributed by atoms with van der Waals surface area (Å²) in [6, 6.07) is 0. The zero-order chi connectivity index (χ0) is 10.9. The summed E-state index contributed by atoms with van der Waals surface area (Å²) in [4.78, 5) is 0. The third-order valence-corrected chi connectivity index (χ3v) is 2.63. The Labute approximate surface area is 79.3 Å². The van der Waals surface area contributed by atoms with Crippen LogP contribution in [0.4, 0.5) is 17.6 Å². The van der Waals surface area contributed by atoms with Gasteiger partial charge in [0, 0.05) is 5.92 Å². The minimum Gasteiger partial charge on any atom is -0.383 e. The van der Waals surface area contributed by atoms with Crippen molar-refractivity contribution in [2.45, 2.75) is 31.9 Å². The van der Waals surface area contributed by atoms with Gasteiger partial charge in [-0.3, -0.25) is 5.32 Å². The van der Waals surface area contributed by atoms with Gasteiger partial charge in [-0.05, 0) is 18.9 Å². The lowest BCUT2D eigenvalue weighted by Crippen LogP contribution is -2.52. The second kappa shape index (κ2) is 4.02. The van der Waals surface area contributed by atoms with E-state index in [1.165, 1.54) is 6.92 Å². The monoisotopic (exact) mass is 215 g/mol. The number of hydrogen-bond donors (Lipinski definition) is 2. The second-order valence-electron chi connectivity index (χ2n) is 3.69. The van der Waals surface area contributed by atoms with Crippen LogP contribution in [0.1, 0.15) is 13.3 Å². The molecule has 1 aliphatic heterocycles. The summed E-state index contributed by atoms with van der Waals surface area (Å²) < 4.78 is 49.5. The Balaban J connectivity index is 2.72. The van der Waals surface area contributed by atoms with Gasteiger partial charge >= 0.3 is 6.18 Å². The summed E-state index contributed by atoms with van der Waals surface area (Å²) >= 11 is 0. The van der Waals surface area contributed by atoms with E-state index in [-0.39, 0.29) is 0 Å².